The average molecular weight is 610 g/mol. The number of aliphatic hydroxyl groups is 2. The number of H-pyrrole nitrogens is 1. The third-order valence-corrected chi connectivity index (χ3v) is 8.01. The lowest BCUT2D eigenvalue weighted by molar-refractivity contribution is -0.125. The first-order chi connectivity index (χ1) is 17.4. The number of hydrogen-bond donors (Lipinski definition) is 9. The summed E-state index contributed by atoms with van der Waals surface area (Å²) >= 11 is 0. The molecule has 0 spiro atoms. The lowest BCUT2D eigenvalue weighted by Crippen LogP contribution is -2.38. The smallest absolute Gasteiger partial charge is 0.387 e. The van der Waals surface area contributed by atoms with Gasteiger partial charge in [-0.1, -0.05) is 11.8 Å². The van der Waals surface area contributed by atoms with E-state index in [9.17, 15) is 43.2 Å². The normalized spacial score (nSPS) is 24.6. The van der Waals surface area contributed by atoms with E-state index < -0.39 is 78.4 Å². The van der Waals surface area contributed by atoms with E-state index >= 15 is 0 Å². The number of phosphoric acid groups is 3. The summed E-state index contributed by atoms with van der Waals surface area (Å²) in [6.45, 7) is -1.82. The van der Waals surface area contributed by atoms with Gasteiger partial charge < -0.3 is 39.8 Å². The minimum absolute atomic E-state index is 0.245. The highest BCUT2D eigenvalue weighted by atomic mass is 31.3. The summed E-state index contributed by atoms with van der Waals surface area (Å²) < 4.78 is 51.2. The number of carbonyl (C=O) groups excluding carboxylic acids is 1. The lowest BCUT2D eigenvalue weighted by Gasteiger charge is -2.19. The number of nitrogens with zero attached hydrogens (tertiary/aromatic N) is 1. The molecule has 1 aromatic rings. The highest BCUT2D eigenvalue weighted by molar-refractivity contribution is 7.66. The van der Waals surface area contributed by atoms with Crippen molar-refractivity contribution in [3.63, 3.8) is 0 Å². The SMILES string of the molecule is NOCC(=O)NCC#Cc1cn([C@@H]2O[C@H](COP(=O)(O)OP(=O)(O)OP(=O)(O)O)[C@@H](O)[C@H]2O)c(=O)[nH]c1=O. The molecule has 1 fully saturated rings. The van der Waals surface area contributed by atoms with Crippen LogP contribution in [-0.4, -0.2) is 83.3 Å². The van der Waals surface area contributed by atoms with E-state index in [0.717, 1.165) is 6.20 Å². The largest absolute Gasteiger partial charge is 0.490 e. The molecule has 6 atom stereocenters. The van der Waals surface area contributed by atoms with Crippen LogP contribution in [0.3, 0.4) is 0 Å². The molecule has 38 heavy (non-hydrogen) atoms. The summed E-state index contributed by atoms with van der Waals surface area (Å²) in [4.78, 5) is 77.2. The fraction of sp³-hybridized carbons (Fsp3) is 0.500. The predicted molar refractivity (Wildman–Crippen MR) is 117 cm³/mol. The summed E-state index contributed by atoms with van der Waals surface area (Å²) in [7, 11) is -17.0. The van der Waals surface area contributed by atoms with Crippen LogP contribution in [0.2, 0.25) is 0 Å². The highest BCUT2D eigenvalue weighted by Gasteiger charge is 2.46. The summed E-state index contributed by atoms with van der Waals surface area (Å²) in [5.41, 5.74) is -2.41. The highest BCUT2D eigenvalue weighted by Crippen LogP contribution is 2.66. The number of aromatic amines is 1. The van der Waals surface area contributed by atoms with Crippen molar-refractivity contribution < 1.29 is 71.0 Å². The fourth-order valence-electron chi connectivity index (χ4n) is 2.74. The van der Waals surface area contributed by atoms with Crippen molar-refractivity contribution in [3.8, 4) is 11.8 Å². The maximum Gasteiger partial charge on any atom is 0.490 e. The second-order valence-corrected chi connectivity index (χ2v) is 11.5. The predicted octanol–water partition coefficient (Wildman–Crippen LogP) is -4.14. The van der Waals surface area contributed by atoms with Crippen LogP contribution in [0.15, 0.2) is 15.8 Å². The van der Waals surface area contributed by atoms with Gasteiger partial charge in [0.15, 0.2) is 6.23 Å². The molecule has 0 radical (unpaired) electrons. The number of rotatable bonds is 11. The molecule has 214 valence electrons. The maximum atomic E-state index is 12.2. The Morgan fingerprint density at radius 1 is 1.13 bits per heavy atom. The number of aliphatic hydroxyl groups excluding tert-OH is 2. The van der Waals surface area contributed by atoms with Crippen LogP contribution in [0.4, 0.5) is 0 Å². The summed E-state index contributed by atoms with van der Waals surface area (Å²) in [6, 6.07) is 0. The molecule has 1 aliphatic rings. The molecule has 1 aliphatic heterocycles. The van der Waals surface area contributed by atoms with Crippen molar-refractivity contribution in [2.24, 2.45) is 5.90 Å². The van der Waals surface area contributed by atoms with Crippen molar-refractivity contribution in [1.82, 2.24) is 14.9 Å². The lowest BCUT2D eigenvalue weighted by atomic mass is 10.1. The fourth-order valence-corrected chi connectivity index (χ4v) is 5.77. The molecular formula is C14H21N4O17P3. The Labute approximate surface area is 210 Å². The van der Waals surface area contributed by atoms with Crippen molar-refractivity contribution >= 4 is 29.4 Å². The van der Waals surface area contributed by atoms with Gasteiger partial charge in [-0.25, -0.2) is 24.4 Å². The van der Waals surface area contributed by atoms with Crippen LogP contribution in [0.25, 0.3) is 0 Å². The molecular weight excluding hydrogens is 589 g/mol. The number of ether oxygens (including phenoxy) is 1. The first-order valence-corrected chi connectivity index (χ1v) is 14.2. The first kappa shape index (κ1) is 32.1. The number of aromatic nitrogens is 2. The zero-order chi connectivity index (χ0) is 28.9. The van der Waals surface area contributed by atoms with Gasteiger partial charge in [0.1, 0.15) is 30.5 Å². The number of phosphoric ester groups is 1. The molecule has 0 saturated carbocycles. The number of nitrogens with one attached hydrogen (secondary N) is 2. The van der Waals surface area contributed by atoms with Gasteiger partial charge in [0.2, 0.25) is 5.91 Å². The molecule has 2 rings (SSSR count). The van der Waals surface area contributed by atoms with E-state index in [1.165, 1.54) is 0 Å². The van der Waals surface area contributed by atoms with E-state index in [1.54, 1.807) is 0 Å². The van der Waals surface area contributed by atoms with Crippen molar-refractivity contribution in [2.45, 2.75) is 24.5 Å². The first-order valence-electron chi connectivity index (χ1n) is 9.67. The molecule has 1 saturated heterocycles. The maximum absolute atomic E-state index is 12.2. The topological polar surface area (TPSA) is 329 Å². The molecule has 24 heteroatoms. The monoisotopic (exact) mass is 610 g/mol. The summed E-state index contributed by atoms with van der Waals surface area (Å²) in [5.74, 6) is 8.88. The standard InChI is InChI=1S/C14H21N4O17P3/c15-31-6-9(19)16-3-1-2-7-4-18(14(23)17-12(7)22)13-11(21)10(20)8(33-13)5-32-37(27,28)35-38(29,30)34-36(24,25)26/h4,8,10-11,13,20-21H,3,5-6,15H2,(H,16,19)(H,27,28)(H,29,30)(H,17,22,23)(H2,24,25,26)/t8-,10-,11-,13-/m1/s1. The van der Waals surface area contributed by atoms with Crippen molar-refractivity contribution in [2.75, 3.05) is 19.8 Å². The quantitative estimate of drug-likeness (QED) is 0.0652. The van der Waals surface area contributed by atoms with Gasteiger partial charge in [-0.2, -0.15) is 8.62 Å². The third kappa shape index (κ3) is 9.59. The van der Waals surface area contributed by atoms with E-state index in [0.29, 0.717) is 4.57 Å². The zero-order valence-electron chi connectivity index (χ0n) is 18.5. The average Bonchev–Trinajstić information content (AvgIpc) is 3.02. The van der Waals surface area contributed by atoms with Gasteiger partial charge in [-0.3, -0.25) is 28.5 Å². The second kappa shape index (κ2) is 12.8. The summed E-state index contributed by atoms with van der Waals surface area (Å²) in [6.07, 6.45) is -6.35. The van der Waals surface area contributed by atoms with Gasteiger partial charge in [0, 0.05) is 6.20 Å². The van der Waals surface area contributed by atoms with Gasteiger partial charge in [0.25, 0.3) is 5.56 Å². The Morgan fingerprint density at radius 3 is 2.39 bits per heavy atom. The van der Waals surface area contributed by atoms with Crippen LogP contribution in [-0.2, 0) is 41.2 Å². The zero-order valence-corrected chi connectivity index (χ0v) is 21.2. The van der Waals surface area contributed by atoms with Crippen LogP contribution in [0, 0.1) is 11.8 Å². The number of hydrogen-bond acceptors (Lipinski definition) is 14. The van der Waals surface area contributed by atoms with Crippen LogP contribution >= 0.6 is 23.5 Å². The Kier molecular flexibility index (Phi) is 10.9. The van der Waals surface area contributed by atoms with E-state index in [-0.39, 0.29) is 12.1 Å². The number of carbonyl (C=O) groups is 1. The molecule has 2 unspecified atom stereocenters. The van der Waals surface area contributed by atoms with Crippen LogP contribution in [0.5, 0.6) is 0 Å². The van der Waals surface area contributed by atoms with Gasteiger partial charge in [0.05, 0.1) is 13.2 Å². The second-order valence-electron chi connectivity index (χ2n) is 7.03. The third-order valence-electron chi connectivity index (χ3n) is 4.21. The Hall–Kier alpha value is -2.08. The molecule has 1 amide bonds. The Morgan fingerprint density at radius 2 is 1.79 bits per heavy atom. The molecule has 0 aliphatic carbocycles. The summed E-state index contributed by atoms with van der Waals surface area (Å²) in [5, 5.41) is 22.8. The van der Waals surface area contributed by atoms with Gasteiger partial charge >= 0.3 is 29.2 Å². The van der Waals surface area contributed by atoms with Crippen LogP contribution in [0.1, 0.15) is 11.8 Å². The van der Waals surface area contributed by atoms with E-state index in [1.807, 2.05) is 4.98 Å². The van der Waals surface area contributed by atoms with Crippen molar-refractivity contribution in [1.29, 1.82) is 0 Å². The molecule has 21 nitrogen and oxygen atoms in total. The van der Waals surface area contributed by atoms with E-state index in [2.05, 4.69) is 35.1 Å². The van der Waals surface area contributed by atoms with Crippen molar-refractivity contribution in [3.05, 3.63) is 32.6 Å². The van der Waals surface area contributed by atoms with E-state index in [4.69, 9.17) is 25.3 Å². The molecule has 10 N–H and O–H groups in total. The minimum atomic E-state index is -5.80. The molecule has 2 heterocycles. The number of amides is 1. The Balaban J connectivity index is 2.13. The minimum Gasteiger partial charge on any atom is -0.387 e. The number of nitrogens with two attached hydrogens (primary N) is 1. The Bertz CT molecular complexity index is 1340. The molecule has 0 bridgehead atoms. The molecule has 1 aromatic heterocycles. The van der Waals surface area contributed by atoms with Gasteiger partial charge in [-0.05, 0) is 0 Å². The van der Waals surface area contributed by atoms with Crippen LogP contribution < -0.4 is 22.5 Å². The van der Waals surface area contributed by atoms with Gasteiger partial charge in [-0.15, -0.1) is 0 Å². The molecule has 0 aromatic carbocycles.